The molecule has 0 aromatic rings. The van der Waals surface area contributed by atoms with Gasteiger partial charge in [-0.2, -0.15) is 0 Å². The highest BCUT2D eigenvalue weighted by Gasteiger charge is 2.59. The molecule has 0 aromatic carbocycles. The summed E-state index contributed by atoms with van der Waals surface area (Å²) in [5.41, 5.74) is 2.33. The number of esters is 2. The molecule has 0 spiro atoms. The number of unbranched alkanes of at least 4 members (excludes halogenated alkanes) is 2. The molecule has 6 rings (SSSR count). The average molecular weight is 721 g/mol. The standard InChI is InChI=1S/C48H80O4/c1-7-8-9-13-35-14-16-36(17-15-35)37-18-21-39(22-19-37)51-45(49)26-27-46(50)52-40-28-30-47(5)38(32-40)20-23-41-43-25-24-42(34(4)12-10-11-33(2)3)48(43,6)31-29-44(41)47/h20,33-37,39-44H,7-19,21-32H2,1-6H3/t34?,35?,36?,37?,39?,40-,41?,42+,43?,44?,47-,48+/m0/s1. The van der Waals surface area contributed by atoms with Crippen LogP contribution in [0.1, 0.15) is 202 Å². The highest BCUT2D eigenvalue weighted by Crippen LogP contribution is 2.67. The van der Waals surface area contributed by atoms with Crippen molar-refractivity contribution >= 4 is 11.9 Å². The van der Waals surface area contributed by atoms with Gasteiger partial charge in [-0.1, -0.05) is 111 Å². The van der Waals surface area contributed by atoms with Crippen LogP contribution in [0.5, 0.6) is 0 Å². The molecular weight excluding hydrogens is 641 g/mol. The Balaban J connectivity index is 0.899. The molecule has 0 saturated heterocycles. The lowest BCUT2D eigenvalue weighted by molar-refractivity contribution is -0.158. The van der Waals surface area contributed by atoms with Crippen LogP contribution in [0, 0.1) is 64.1 Å². The van der Waals surface area contributed by atoms with Crippen molar-refractivity contribution < 1.29 is 19.1 Å². The first-order valence-corrected chi connectivity index (χ1v) is 23.1. The number of rotatable bonds is 15. The molecule has 296 valence electrons. The van der Waals surface area contributed by atoms with E-state index in [2.05, 4.69) is 47.6 Å². The Morgan fingerprint density at radius 3 is 2.08 bits per heavy atom. The maximum absolute atomic E-state index is 13.0. The Bertz CT molecular complexity index is 1190. The Morgan fingerprint density at radius 2 is 1.40 bits per heavy atom. The Labute approximate surface area is 320 Å². The zero-order valence-corrected chi connectivity index (χ0v) is 34.7. The zero-order chi connectivity index (χ0) is 36.9. The van der Waals surface area contributed by atoms with Crippen molar-refractivity contribution in [1.82, 2.24) is 0 Å². The first kappa shape index (κ1) is 40.3. The van der Waals surface area contributed by atoms with Crippen LogP contribution in [0.3, 0.4) is 0 Å². The van der Waals surface area contributed by atoms with Gasteiger partial charge in [0.15, 0.2) is 0 Å². The Kier molecular flexibility index (Phi) is 14.0. The average Bonchev–Trinajstić information content (AvgIpc) is 3.49. The first-order chi connectivity index (χ1) is 25.0. The van der Waals surface area contributed by atoms with Gasteiger partial charge in [0.1, 0.15) is 12.2 Å². The number of allylic oxidation sites excluding steroid dienone is 1. The second-order valence-corrected chi connectivity index (χ2v) is 20.4. The number of hydrogen-bond acceptors (Lipinski definition) is 4. The van der Waals surface area contributed by atoms with Gasteiger partial charge in [-0.05, 0) is 148 Å². The van der Waals surface area contributed by atoms with E-state index in [9.17, 15) is 9.59 Å². The van der Waals surface area contributed by atoms with Crippen LogP contribution in [0.15, 0.2) is 11.6 Å². The summed E-state index contributed by atoms with van der Waals surface area (Å²) in [7, 11) is 0. The van der Waals surface area contributed by atoms with Gasteiger partial charge in [0.2, 0.25) is 0 Å². The van der Waals surface area contributed by atoms with Gasteiger partial charge >= 0.3 is 11.9 Å². The van der Waals surface area contributed by atoms with Gasteiger partial charge < -0.3 is 9.47 Å². The molecule has 0 amide bonds. The minimum Gasteiger partial charge on any atom is -0.462 e. The molecule has 4 unspecified atom stereocenters. The number of ether oxygens (including phenoxy) is 2. The van der Waals surface area contributed by atoms with Gasteiger partial charge in [-0.3, -0.25) is 9.59 Å². The molecule has 6 aliphatic rings. The van der Waals surface area contributed by atoms with Crippen LogP contribution in [0.25, 0.3) is 0 Å². The second kappa shape index (κ2) is 18.1. The summed E-state index contributed by atoms with van der Waals surface area (Å²) < 4.78 is 12.0. The minimum atomic E-state index is -0.221. The molecule has 0 aliphatic heterocycles. The summed E-state index contributed by atoms with van der Waals surface area (Å²) in [5.74, 6) is 7.26. The normalized spacial score (nSPS) is 39.5. The monoisotopic (exact) mass is 721 g/mol. The van der Waals surface area contributed by atoms with Crippen LogP contribution in [0.2, 0.25) is 0 Å². The van der Waals surface area contributed by atoms with Gasteiger partial charge in [0.05, 0.1) is 12.8 Å². The lowest BCUT2D eigenvalue weighted by atomic mass is 9.47. The summed E-state index contributed by atoms with van der Waals surface area (Å²) in [6.07, 6.45) is 32.5. The van der Waals surface area contributed by atoms with E-state index >= 15 is 0 Å². The third-order valence-corrected chi connectivity index (χ3v) is 16.9. The van der Waals surface area contributed by atoms with E-state index in [1.165, 1.54) is 116 Å². The third-order valence-electron chi connectivity index (χ3n) is 16.9. The van der Waals surface area contributed by atoms with Crippen molar-refractivity contribution in [3.8, 4) is 0 Å². The van der Waals surface area contributed by atoms with E-state index in [4.69, 9.17) is 9.47 Å². The summed E-state index contributed by atoms with van der Waals surface area (Å²) in [6.45, 7) is 14.8. The van der Waals surface area contributed by atoms with Crippen molar-refractivity contribution in [2.75, 3.05) is 0 Å². The molecule has 0 aromatic heterocycles. The molecule has 0 radical (unpaired) electrons. The SMILES string of the molecule is CCCCCC1CCC(C2CCC(OC(=O)CCC(=O)O[C@H]3CC[C@@]4(C)C(=CCC5C4CC[C@@]4(C)C5CC[C@@H]4C(C)CCCC(C)C)C3)CC2)CC1. The summed E-state index contributed by atoms with van der Waals surface area (Å²) in [5, 5.41) is 0. The fourth-order valence-corrected chi connectivity index (χ4v) is 13.8. The highest BCUT2D eigenvalue weighted by molar-refractivity contribution is 5.77. The van der Waals surface area contributed by atoms with Crippen LogP contribution in [-0.2, 0) is 19.1 Å². The number of hydrogen-bond donors (Lipinski definition) is 0. The smallest absolute Gasteiger partial charge is 0.306 e. The molecule has 4 heteroatoms. The Morgan fingerprint density at radius 1 is 0.731 bits per heavy atom. The van der Waals surface area contributed by atoms with E-state index in [-0.39, 0.29) is 42.4 Å². The molecule has 0 bridgehead atoms. The quantitative estimate of drug-likeness (QED) is 0.0960. The molecule has 4 nitrogen and oxygen atoms in total. The lowest BCUT2D eigenvalue weighted by Crippen LogP contribution is -2.51. The molecule has 5 saturated carbocycles. The van der Waals surface area contributed by atoms with E-state index in [1.54, 1.807) is 5.57 Å². The predicted molar refractivity (Wildman–Crippen MR) is 214 cm³/mol. The zero-order valence-electron chi connectivity index (χ0n) is 34.7. The second-order valence-electron chi connectivity index (χ2n) is 20.4. The Hall–Kier alpha value is -1.32. The fraction of sp³-hybridized carbons (Fsp3) is 0.917. The van der Waals surface area contributed by atoms with Gasteiger partial charge in [-0.25, -0.2) is 0 Å². The lowest BCUT2D eigenvalue weighted by Gasteiger charge is -2.58. The molecule has 0 N–H and O–H groups in total. The summed E-state index contributed by atoms with van der Waals surface area (Å²) in [6, 6.07) is 0. The summed E-state index contributed by atoms with van der Waals surface area (Å²) in [4.78, 5) is 25.8. The third kappa shape index (κ3) is 9.37. The fourth-order valence-electron chi connectivity index (χ4n) is 13.8. The maximum atomic E-state index is 13.0. The minimum absolute atomic E-state index is 0.0362. The molecular formula is C48H80O4. The maximum Gasteiger partial charge on any atom is 0.306 e. The molecule has 8 atom stereocenters. The van der Waals surface area contributed by atoms with Crippen molar-refractivity contribution in [2.24, 2.45) is 64.1 Å². The number of carbonyl (C=O) groups is 2. The molecule has 52 heavy (non-hydrogen) atoms. The van der Waals surface area contributed by atoms with Crippen molar-refractivity contribution in [3.05, 3.63) is 11.6 Å². The highest BCUT2D eigenvalue weighted by atomic mass is 16.5. The number of fused-ring (bicyclic) bond motifs is 5. The van der Waals surface area contributed by atoms with Gasteiger partial charge in [0, 0.05) is 6.42 Å². The van der Waals surface area contributed by atoms with Crippen LogP contribution in [0.4, 0.5) is 0 Å². The predicted octanol–water partition coefficient (Wildman–Crippen LogP) is 13.2. The van der Waals surface area contributed by atoms with Gasteiger partial charge in [-0.15, -0.1) is 0 Å². The van der Waals surface area contributed by atoms with Crippen LogP contribution < -0.4 is 0 Å². The van der Waals surface area contributed by atoms with E-state index in [1.807, 2.05) is 0 Å². The van der Waals surface area contributed by atoms with Crippen LogP contribution in [-0.4, -0.2) is 24.1 Å². The first-order valence-electron chi connectivity index (χ1n) is 23.1. The molecule has 5 fully saturated rings. The van der Waals surface area contributed by atoms with E-state index < -0.39 is 0 Å². The number of carbonyl (C=O) groups excluding carboxylic acids is 2. The topological polar surface area (TPSA) is 52.6 Å². The molecule has 6 aliphatic carbocycles. The van der Waals surface area contributed by atoms with Crippen molar-refractivity contribution in [2.45, 2.75) is 214 Å². The summed E-state index contributed by atoms with van der Waals surface area (Å²) >= 11 is 0. The molecule has 0 heterocycles. The van der Waals surface area contributed by atoms with Crippen molar-refractivity contribution in [3.63, 3.8) is 0 Å². The van der Waals surface area contributed by atoms with Crippen molar-refractivity contribution in [1.29, 1.82) is 0 Å². The van der Waals surface area contributed by atoms with Gasteiger partial charge in [0.25, 0.3) is 0 Å². The largest absolute Gasteiger partial charge is 0.462 e. The van der Waals surface area contributed by atoms with E-state index in [0.717, 1.165) is 85.4 Å². The van der Waals surface area contributed by atoms with Crippen LogP contribution >= 0.6 is 0 Å². The van der Waals surface area contributed by atoms with E-state index in [0.29, 0.717) is 5.41 Å².